The molecule has 12 nitrogen and oxygen atoms in total. The number of tetrazole rings is 1. The zero-order valence-electron chi connectivity index (χ0n) is 22.0. The number of fused-ring (bicyclic) bond motifs is 4. The van der Waals surface area contributed by atoms with Crippen molar-refractivity contribution in [1.29, 1.82) is 0 Å². The number of carbonyl (C=O) groups is 2. The maximum absolute atomic E-state index is 13.1. The van der Waals surface area contributed by atoms with E-state index in [1.807, 2.05) is 12.1 Å². The summed E-state index contributed by atoms with van der Waals surface area (Å²) in [4.78, 5) is 32.7. The van der Waals surface area contributed by atoms with Crippen molar-refractivity contribution in [3.63, 3.8) is 0 Å². The first kappa shape index (κ1) is 28.1. The second-order valence-electron chi connectivity index (χ2n) is 9.29. The van der Waals surface area contributed by atoms with Crippen molar-refractivity contribution in [2.45, 2.75) is 31.7 Å². The average Bonchev–Trinajstić information content (AvgIpc) is 3.63. The third-order valence-electron chi connectivity index (χ3n) is 6.52. The molecular weight excluding hydrogens is 569 g/mol. The molecule has 0 unspecified atom stereocenters. The Bertz CT molecular complexity index is 1570. The number of hydrogen-bond acceptors (Lipinski definition) is 8. The van der Waals surface area contributed by atoms with Crippen LogP contribution in [0.25, 0.3) is 23.0 Å². The highest BCUT2D eigenvalue weighted by Gasteiger charge is 2.22. The molecule has 0 saturated heterocycles. The van der Waals surface area contributed by atoms with Crippen LogP contribution in [0.4, 0.5) is 16.2 Å². The summed E-state index contributed by atoms with van der Waals surface area (Å²) in [7, 11) is 1.31. The fourth-order valence-corrected chi connectivity index (χ4v) is 4.95. The van der Waals surface area contributed by atoms with Gasteiger partial charge in [-0.3, -0.25) is 10.1 Å². The van der Waals surface area contributed by atoms with E-state index >= 15 is 0 Å². The number of nitrogens with one attached hydrogen (secondary N) is 4. The summed E-state index contributed by atoms with van der Waals surface area (Å²) in [5.41, 5.74) is 3.98. The van der Waals surface area contributed by atoms with Crippen LogP contribution in [0.15, 0.2) is 48.8 Å². The quantitative estimate of drug-likeness (QED) is 0.224. The van der Waals surface area contributed by atoms with Crippen LogP contribution < -0.4 is 16.0 Å². The van der Waals surface area contributed by atoms with Gasteiger partial charge in [0.2, 0.25) is 5.91 Å². The lowest BCUT2D eigenvalue weighted by Gasteiger charge is -2.17. The number of hydrogen-bond donors (Lipinski definition) is 4. The third-order valence-corrected chi connectivity index (χ3v) is 7.02. The molecule has 2 aromatic heterocycles. The Morgan fingerprint density at radius 3 is 2.83 bits per heavy atom. The van der Waals surface area contributed by atoms with Crippen LogP contribution >= 0.6 is 23.2 Å². The van der Waals surface area contributed by atoms with Crippen LogP contribution in [0.5, 0.6) is 0 Å². The summed E-state index contributed by atoms with van der Waals surface area (Å²) < 4.78 is 6.20. The van der Waals surface area contributed by atoms with E-state index in [4.69, 9.17) is 32.9 Å². The number of aromatic nitrogens is 6. The predicted octanol–water partition coefficient (Wildman–Crippen LogP) is 5.39. The van der Waals surface area contributed by atoms with Crippen LogP contribution in [-0.4, -0.2) is 55.8 Å². The average molecular weight is 596 g/mol. The van der Waals surface area contributed by atoms with Gasteiger partial charge < -0.3 is 20.4 Å². The molecule has 5 rings (SSSR count). The zero-order chi connectivity index (χ0) is 28.8. The van der Waals surface area contributed by atoms with Crippen LogP contribution in [0.1, 0.15) is 43.1 Å². The van der Waals surface area contributed by atoms with E-state index in [1.54, 1.807) is 30.3 Å². The van der Waals surface area contributed by atoms with E-state index < -0.39 is 12.1 Å². The molecular formula is C27H27Cl2N9O3. The number of rotatable bonds is 5. The van der Waals surface area contributed by atoms with Crippen LogP contribution in [-0.2, 0) is 9.53 Å². The first-order valence-electron chi connectivity index (χ1n) is 12.9. The normalized spacial score (nSPS) is 15.2. The summed E-state index contributed by atoms with van der Waals surface area (Å²) in [5.74, 6) is 0.242. The Hall–Kier alpha value is -4.42. The SMILES string of the molecule is COC(=O)Nc1ccc2c(c1)NCCCCC[C@H](NC(=O)/C=C/c1cc(Cl)ccc1-n1cnnn1)c1nc-2c(Cl)[nH]1. The molecule has 0 aliphatic carbocycles. The molecule has 2 aromatic carbocycles. The third kappa shape index (κ3) is 6.84. The van der Waals surface area contributed by atoms with Gasteiger partial charge in [0.25, 0.3) is 0 Å². The largest absolute Gasteiger partial charge is 0.453 e. The first-order chi connectivity index (χ1) is 19.9. The molecule has 0 spiro atoms. The molecule has 1 atom stereocenters. The Labute approximate surface area is 245 Å². The number of carbonyl (C=O) groups excluding carboxylic acids is 2. The summed E-state index contributed by atoms with van der Waals surface area (Å²) in [6.07, 6.45) is 7.39. The molecule has 14 heteroatoms. The fourth-order valence-electron chi connectivity index (χ4n) is 4.53. The molecule has 41 heavy (non-hydrogen) atoms. The molecule has 2 bridgehead atoms. The molecule has 1 aliphatic rings. The van der Waals surface area contributed by atoms with Gasteiger partial charge in [0, 0.05) is 40.1 Å². The summed E-state index contributed by atoms with van der Waals surface area (Å²) in [6.45, 7) is 0.715. The smallest absolute Gasteiger partial charge is 0.411 e. The van der Waals surface area contributed by atoms with Gasteiger partial charge in [0.05, 0.1) is 18.8 Å². The van der Waals surface area contributed by atoms with Crippen molar-refractivity contribution < 1.29 is 14.3 Å². The highest BCUT2D eigenvalue weighted by Crippen LogP contribution is 2.36. The van der Waals surface area contributed by atoms with Crippen molar-refractivity contribution in [2.24, 2.45) is 0 Å². The molecule has 2 amide bonds. The first-order valence-corrected chi connectivity index (χ1v) is 13.7. The lowest BCUT2D eigenvalue weighted by molar-refractivity contribution is -0.117. The summed E-state index contributed by atoms with van der Waals surface area (Å²) in [6, 6.07) is 10.2. The number of imidazole rings is 1. The van der Waals surface area contributed by atoms with Crippen molar-refractivity contribution >= 4 is 52.7 Å². The van der Waals surface area contributed by atoms with Gasteiger partial charge >= 0.3 is 6.09 Å². The second kappa shape index (κ2) is 12.8. The van der Waals surface area contributed by atoms with E-state index in [9.17, 15) is 9.59 Å². The molecule has 0 fully saturated rings. The topological polar surface area (TPSA) is 152 Å². The van der Waals surface area contributed by atoms with Crippen LogP contribution in [0, 0.1) is 0 Å². The van der Waals surface area contributed by atoms with Gasteiger partial charge in [-0.05, 0) is 65.7 Å². The minimum atomic E-state index is -0.562. The number of halogens is 2. The molecule has 0 radical (unpaired) electrons. The molecule has 4 N–H and O–H groups in total. The summed E-state index contributed by atoms with van der Waals surface area (Å²) in [5, 5.41) is 21.3. The van der Waals surface area contributed by atoms with Gasteiger partial charge in [0.15, 0.2) is 0 Å². The maximum Gasteiger partial charge on any atom is 0.411 e. The van der Waals surface area contributed by atoms with Gasteiger partial charge in [-0.1, -0.05) is 36.0 Å². The van der Waals surface area contributed by atoms with Crippen molar-refractivity contribution in [3.05, 3.63) is 70.4 Å². The molecule has 1 aliphatic heterocycles. The Morgan fingerprint density at radius 2 is 2.02 bits per heavy atom. The number of ether oxygens (including phenoxy) is 1. The highest BCUT2D eigenvalue weighted by atomic mass is 35.5. The van der Waals surface area contributed by atoms with Gasteiger partial charge in [-0.25, -0.2) is 9.78 Å². The standard InChI is InChI=1S/C27H27Cl2N9O3/c1-41-27(40)32-18-8-9-19-21(14-18)30-12-4-2-3-5-20(26-34-24(19)25(29)35-26)33-23(39)11-6-16-13-17(28)7-10-22(16)38-15-31-36-37-38/h6-11,13-15,20,30H,2-5,12H2,1H3,(H,32,40)(H,33,39)(H,34,35)/b11-6+/t20-/m0/s1. The number of aromatic amines is 1. The van der Waals surface area contributed by atoms with Crippen molar-refractivity contribution in [1.82, 2.24) is 35.5 Å². The monoisotopic (exact) mass is 595 g/mol. The molecule has 3 heterocycles. The number of H-pyrrole nitrogens is 1. The molecule has 4 aromatic rings. The number of nitrogens with zero attached hydrogens (tertiary/aromatic N) is 5. The van der Waals surface area contributed by atoms with Crippen molar-refractivity contribution in [3.8, 4) is 16.9 Å². The van der Waals surface area contributed by atoms with Crippen LogP contribution in [0.3, 0.4) is 0 Å². The van der Waals surface area contributed by atoms with Gasteiger partial charge in [0.1, 0.15) is 23.0 Å². The minimum absolute atomic E-state index is 0.306. The maximum atomic E-state index is 13.1. The fraction of sp³-hybridized carbons (Fsp3) is 0.259. The number of amides is 2. The van der Waals surface area contributed by atoms with Crippen molar-refractivity contribution in [2.75, 3.05) is 24.3 Å². The van der Waals surface area contributed by atoms with E-state index in [-0.39, 0.29) is 5.91 Å². The van der Waals surface area contributed by atoms with E-state index in [0.29, 0.717) is 51.6 Å². The predicted molar refractivity (Wildman–Crippen MR) is 156 cm³/mol. The van der Waals surface area contributed by atoms with E-state index in [0.717, 1.165) is 30.5 Å². The Morgan fingerprint density at radius 1 is 1.15 bits per heavy atom. The van der Waals surface area contributed by atoms with E-state index in [2.05, 4.69) is 36.5 Å². The number of benzene rings is 2. The molecule has 212 valence electrons. The lowest BCUT2D eigenvalue weighted by atomic mass is 10.1. The van der Waals surface area contributed by atoms with Gasteiger partial charge in [-0.2, -0.15) is 4.68 Å². The Balaban J connectivity index is 1.39. The van der Waals surface area contributed by atoms with E-state index in [1.165, 1.54) is 24.2 Å². The number of anilines is 2. The lowest BCUT2D eigenvalue weighted by Crippen LogP contribution is -2.28. The van der Waals surface area contributed by atoms with Gasteiger partial charge in [-0.15, -0.1) is 5.10 Å². The Kier molecular flexibility index (Phi) is 8.80. The molecule has 0 saturated carbocycles. The number of methoxy groups -OCH3 is 1. The second-order valence-corrected chi connectivity index (χ2v) is 10.1. The highest BCUT2D eigenvalue weighted by molar-refractivity contribution is 6.32. The van der Waals surface area contributed by atoms with Crippen LogP contribution in [0.2, 0.25) is 10.2 Å². The minimum Gasteiger partial charge on any atom is -0.453 e. The summed E-state index contributed by atoms with van der Waals surface area (Å²) >= 11 is 12.8. The zero-order valence-corrected chi connectivity index (χ0v) is 23.5.